The standard InChI is InChI=1S/C7H8BCl2N/c9-8(10)7-3-1-6(5-11)2-4-7/h1-4H,5,11H2. The molecular weight excluding hydrogens is 180 g/mol. The summed E-state index contributed by atoms with van der Waals surface area (Å²) in [5.74, 6) is 0. The molecule has 1 nitrogen and oxygen atoms in total. The molecule has 11 heavy (non-hydrogen) atoms. The summed E-state index contributed by atoms with van der Waals surface area (Å²) in [4.78, 5) is 0. The first kappa shape index (κ1) is 8.92. The summed E-state index contributed by atoms with van der Waals surface area (Å²) in [6.45, 7) is 0.551. The highest BCUT2D eigenvalue weighted by Gasteiger charge is 2.07. The zero-order valence-electron chi connectivity index (χ0n) is 5.93. The number of halogens is 2. The molecule has 4 heteroatoms. The molecule has 0 aliphatic heterocycles. The Labute approximate surface area is 76.4 Å². The normalized spacial score (nSPS) is 9.73. The number of benzene rings is 1. The second-order valence-electron chi connectivity index (χ2n) is 2.25. The van der Waals surface area contributed by atoms with Gasteiger partial charge in [-0.05, 0) is 11.0 Å². The van der Waals surface area contributed by atoms with E-state index in [0.717, 1.165) is 11.0 Å². The van der Waals surface area contributed by atoms with Crippen LogP contribution in [0.1, 0.15) is 5.56 Å². The summed E-state index contributed by atoms with van der Waals surface area (Å²) in [5, 5.41) is 0. The van der Waals surface area contributed by atoms with Crippen molar-refractivity contribution in [1.29, 1.82) is 0 Å². The minimum atomic E-state index is -0.443. The van der Waals surface area contributed by atoms with Crippen LogP contribution >= 0.6 is 22.9 Å². The summed E-state index contributed by atoms with van der Waals surface area (Å²) < 4.78 is 0. The monoisotopic (exact) mass is 187 g/mol. The lowest BCUT2D eigenvalue weighted by atomic mass is 9.92. The molecule has 0 atom stereocenters. The third kappa shape index (κ3) is 2.40. The third-order valence-corrected chi connectivity index (χ3v) is 1.97. The van der Waals surface area contributed by atoms with Crippen molar-refractivity contribution < 1.29 is 0 Å². The van der Waals surface area contributed by atoms with Crippen molar-refractivity contribution in [3.05, 3.63) is 29.8 Å². The van der Waals surface area contributed by atoms with Crippen molar-refractivity contribution in [1.82, 2.24) is 0 Å². The van der Waals surface area contributed by atoms with E-state index < -0.39 is 5.54 Å². The van der Waals surface area contributed by atoms with E-state index in [9.17, 15) is 0 Å². The van der Waals surface area contributed by atoms with E-state index in [1.165, 1.54) is 0 Å². The van der Waals surface area contributed by atoms with Crippen LogP contribution in [-0.2, 0) is 6.54 Å². The van der Waals surface area contributed by atoms with Crippen molar-refractivity contribution in [3.8, 4) is 0 Å². The smallest absolute Gasteiger partial charge is 0.326 e. The Morgan fingerprint density at radius 2 is 1.73 bits per heavy atom. The van der Waals surface area contributed by atoms with Crippen LogP contribution in [0.25, 0.3) is 0 Å². The molecule has 0 unspecified atom stereocenters. The predicted molar refractivity (Wildman–Crippen MR) is 51.4 cm³/mol. The summed E-state index contributed by atoms with van der Waals surface area (Å²) in [5.41, 5.74) is 6.96. The highest BCUT2D eigenvalue weighted by Crippen LogP contribution is 2.00. The molecule has 0 fully saturated rings. The second-order valence-corrected chi connectivity index (χ2v) is 3.34. The summed E-state index contributed by atoms with van der Waals surface area (Å²) in [6, 6.07) is 7.61. The summed E-state index contributed by atoms with van der Waals surface area (Å²) >= 11 is 11.3. The molecule has 2 N–H and O–H groups in total. The molecule has 0 saturated heterocycles. The van der Waals surface area contributed by atoms with Gasteiger partial charge in [-0.15, -0.1) is 0 Å². The van der Waals surface area contributed by atoms with E-state index in [1.807, 2.05) is 24.3 Å². The largest absolute Gasteiger partial charge is 0.382 e. The van der Waals surface area contributed by atoms with Gasteiger partial charge in [0.2, 0.25) is 0 Å². The van der Waals surface area contributed by atoms with Gasteiger partial charge in [0, 0.05) is 6.54 Å². The van der Waals surface area contributed by atoms with Crippen molar-refractivity contribution in [2.75, 3.05) is 0 Å². The molecule has 58 valence electrons. The number of hydrogen-bond donors (Lipinski definition) is 1. The van der Waals surface area contributed by atoms with Crippen LogP contribution in [0, 0.1) is 0 Å². The Kier molecular flexibility index (Phi) is 3.25. The van der Waals surface area contributed by atoms with E-state index in [0.29, 0.717) is 6.54 Å². The molecule has 0 amide bonds. The molecule has 0 aliphatic rings. The minimum Gasteiger partial charge on any atom is -0.326 e. The highest BCUT2D eigenvalue weighted by molar-refractivity contribution is 7.39. The molecule has 0 spiro atoms. The molecule has 0 aromatic heterocycles. The minimum absolute atomic E-state index is 0.443. The Morgan fingerprint density at radius 3 is 2.09 bits per heavy atom. The van der Waals surface area contributed by atoms with E-state index in [1.54, 1.807) is 0 Å². The van der Waals surface area contributed by atoms with Crippen LogP contribution in [0.5, 0.6) is 0 Å². The van der Waals surface area contributed by atoms with Gasteiger partial charge in [0.25, 0.3) is 0 Å². The first-order chi connectivity index (χ1) is 5.24. The van der Waals surface area contributed by atoms with Crippen LogP contribution in [0.3, 0.4) is 0 Å². The van der Waals surface area contributed by atoms with Crippen LogP contribution in [0.2, 0.25) is 0 Å². The number of rotatable bonds is 2. The van der Waals surface area contributed by atoms with Crippen molar-refractivity contribution >= 4 is 33.9 Å². The van der Waals surface area contributed by atoms with Crippen LogP contribution in [0.4, 0.5) is 0 Å². The fourth-order valence-corrected chi connectivity index (χ4v) is 1.09. The van der Waals surface area contributed by atoms with Crippen LogP contribution < -0.4 is 11.2 Å². The zero-order chi connectivity index (χ0) is 8.27. The highest BCUT2D eigenvalue weighted by atomic mass is 35.5. The Balaban J connectivity index is 2.83. The molecule has 1 aromatic carbocycles. The third-order valence-electron chi connectivity index (χ3n) is 1.47. The lowest BCUT2D eigenvalue weighted by Crippen LogP contribution is -2.17. The van der Waals surface area contributed by atoms with Crippen molar-refractivity contribution in [2.45, 2.75) is 6.54 Å². The molecule has 0 aliphatic carbocycles. The van der Waals surface area contributed by atoms with Gasteiger partial charge in [-0.3, -0.25) is 0 Å². The van der Waals surface area contributed by atoms with E-state index in [4.69, 9.17) is 28.7 Å². The quantitative estimate of drug-likeness (QED) is 0.695. The molecule has 0 radical (unpaired) electrons. The van der Waals surface area contributed by atoms with Gasteiger partial charge in [0.1, 0.15) is 0 Å². The van der Waals surface area contributed by atoms with Gasteiger partial charge in [-0.25, -0.2) is 0 Å². The average Bonchev–Trinajstić information content (AvgIpc) is 2.05. The topological polar surface area (TPSA) is 26.0 Å². The SMILES string of the molecule is NCc1ccc(B(Cl)Cl)cc1. The van der Waals surface area contributed by atoms with E-state index in [2.05, 4.69) is 0 Å². The zero-order valence-corrected chi connectivity index (χ0v) is 7.44. The van der Waals surface area contributed by atoms with Crippen molar-refractivity contribution in [3.63, 3.8) is 0 Å². The maximum atomic E-state index is 5.63. The first-order valence-corrected chi connectivity index (χ1v) is 4.18. The Hall–Kier alpha value is -0.175. The van der Waals surface area contributed by atoms with Crippen molar-refractivity contribution in [2.24, 2.45) is 5.73 Å². The van der Waals surface area contributed by atoms with Gasteiger partial charge < -0.3 is 5.73 Å². The molecule has 1 rings (SSSR count). The summed E-state index contributed by atoms with van der Waals surface area (Å²) in [7, 11) is 0. The fraction of sp³-hybridized carbons (Fsp3) is 0.143. The molecule has 0 saturated carbocycles. The predicted octanol–water partition coefficient (Wildman–Crippen LogP) is 1.32. The number of hydrogen-bond acceptors (Lipinski definition) is 1. The Morgan fingerprint density at radius 1 is 1.18 bits per heavy atom. The summed E-state index contributed by atoms with van der Waals surface area (Å²) in [6.07, 6.45) is 0. The van der Waals surface area contributed by atoms with Crippen LogP contribution in [-0.4, -0.2) is 5.54 Å². The van der Waals surface area contributed by atoms with E-state index in [-0.39, 0.29) is 0 Å². The van der Waals surface area contributed by atoms with Crippen LogP contribution in [0.15, 0.2) is 24.3 Å². The molecule has 1 aromatic rings. The average molecular weight is 188 g/mol. The Bertz CT molecular complexity index is 222. The first-order valence-electron chi connectivity index (χ1n) is 3.31. The molecule has 0 heterocycles. The maximum absolute atomic E-state index is 5.63. The van der Waals surface area contributed by atoms with Gasteiger partial charge in [0.05, 0.1) is 0 Å². The lowest BCUT2D eigenvalue weighted by molar-refractivity contribution is 1.07. The fourth-order valence-electron chi connectivity index (χ4n) is 0.799. The van der Waals surface area contributed by atoms with E-state index >= 15 is 0 Å². The second kappa shape index (κ2) is 4.00. The lowest BCUT2D eigenvalue weighted by Gasteiger charge is -1.99. The molecule has 0 bridgehead atoms. The van der Waals surface area contributed by atoms with Gasteiger partial charge in [0.15, 0.2) is 0 Å². The maximum Gasteiger partial charge on any atom is 0.382 e. The van der Waals surface area contributed by atoms with Gasteiger partial charge in [-0.2, -0.15) is 22.9 Å². The molecular formula is C7H8BCl2N. The van der Waals surface area contributed by atoms with Gasteiger partial charge >= 0.3 is 5.54 Å². The van der Waals surface area contributed by atoms with Gasteiger partial charge in [-0.1, -0.05) is 24.3 Å². The number of nitrogens with two attached hydrogens (primary N) is 1.